The van der Waals surface area contributed by atoms with Gasteiger partial charge in [-0.25, -0.2) is 9.18 Å². The zero-order valence-electron chi connectivity index (χ0n) is 16.4. The minimum Gasteiger partial charge on any atom is -0.444 e. The van der Waals surface area contributed by atoms with Crippen LogP contribution in [0.2, 0.25) is 0 Å². The third-order valence-electron chi connectivity index (χ3n) is 4.90. The van der Waals surface area contributed by atoms with Gasteiger partial charge in [0.2, 0.25) is 5.91 Å². The summed E-state index contributed by atoms with van der Waals surface area (Å²) < 4.78 is 18.7. The van der Waals surface area contributed by atoms with E-state index >= 15 is 0 Å². The maximum absolute atomic E-state index is 13.4. The van der Waals surface area contributed by atoms with Gasteiger partial charge in [0.25, 0.3) is 0 Å². The maximum Gasteiger partial charge on any atom is 0.407 e. The molecule has 1 aromatic carbocycles. The number of ether oxygens (including phenoxy) is 1. The summed E-state index contributed by atoms with van der Waals surface area (Å²) in [5.41, 5.74) is 0.270. The van der Waals surface area contributed by atoms with Crippen LogP contribution in [0.5, 0.6) is 0 Å². The number of hydrogen-bond donors (Lipinski definition) is 1. The molecule has 148 valence electrons. The van der Waals surface area contributed by atoms with Crippen molar-refractivity contribution in [2.24, 2.45) is 0 Å². The van der Waals surface area contributed by atoms with E-state index in [1.807, 2.05) is 38.7 Å². The van der Waals surface area contributed by atoms with Crippen LogP contribution < -0.4 is 5.32 Å². The van der Waals surface area contributed by atoms with E-state index in [4.69, 9.17) is 4.74 Å². The van der Waals surface area contributed by atoms with Crippen molar-refractivity contribution in [1.29, 1.82) is 0 Å². The summed E-state index contributed by atoms with van der Waals surface area (Å²) in [6.45, 7) is 9.18. The molecule has 2 aliphatic rings. The number of likely N-dealkylation sites (tertiary alicyclic amines) is 2. The Kier molecular flexibility index (Phi) is 5.42. The number of nitrogens with zero attached hydrogens (tertiary/aromatic N) is 2. The van der Waals surface area contributed by atoms with Crippen LogP contribution in [0.25, 0.3) is 0 Å². The fourth-order valence-corrected chi connectivity index (χ4v) is 3.88. The molecule has 0 aromatic heterocycles. The molecule has 1 N–H and O–H groups in total. The zero-order chi connectivity index (χ0) is 19.8. The predicted octanol–water partition coefficient (Wildman–Crippen LogP) is 2.52. The molecule has 2 saturated heterocycles. The topological polar surface area (TPSA) is 61.9 Å². The van der Waals surface area contributed by atoms with Gasteiger partial charge in [0.05, 0.1) is 6.04 Å². The zero-order valence-corrected chi connectivity index (χ0v) is 16.4. The molecule has 2 bridgehead atoms. The number of alkyl carbamates (subject to hydrolysis) is 1. The number of nitrogens with one attached hydrogen (secondary N) is 1. The van der Waals surface area contributed by atoms with Gasteiger partial charge in [0.1, 0.15) is 11.4 Å². The predicted molar refractivity (Wildman–Crippen MR) is 99.5 cm³/mol. The van der Waals surface area contributed by atoms with Crippen LogP contribution in [-0.4, -0.2) is 58.6 Å². The SMILES string of the molecule is C[C@@H](CN1CC2C[C@H]1C(=O)N2Cc1cccc(F)c1)NC(=O)OC(C)(C)C. The largest absolute Gasteiger partial charge is 0.444 e. The molecule has 3 rings (SSSR count). The van der Waals surface area contributed by atoms with Gasteiger partial charge < -0.3 is 15.0 Å². The van der Waals surface area contributed by atoms with Crippen molar-refractivity contribution < 1.29 is 18.7 Å². The third-order valence-corrected chi connectivity index (χ3v) is 4.90. The van der Waals surface area contributed by atoms with E-state index in [0.29, 0.717) is 13.1 Å². The number of rotatable bonds is 5. The summed E-state index contributed by atoms with van der Waals surface area (Å²) >= 11 is 0. The van der Waals surface area contributed by atoms with Crippen LogP contribution in [0.1, 0.15) is 39.7 Å². The molecule has 0 spiro atoms. The average Bonchev–Trinajstić information content (AvgIpc) is 3.04. The van der Waals surface area contributed by atoms with Crippen LogP contribution in [-0.2, 0) is 16.1 Å². The van der Waals surface area contributed by atoms with Gasteiger partial charge in [0.15, 0.2) is 0 Å². The van der Waals surface area contributed by atoms with E-state index in [1.54, 1.807) is 6.07 Å². The lowest BCUT2D eigenvalue weighted by Gasteiger charge is -2.35. The second kappa shape index (κ2) is 7.46. The Morgan fingerprint density at radius 3 is 2.78 bits per heavy atom. The standard InChI is InChI=1S/C20H28FN3O3/c1-13(22-19(26)27-20(2,3)4)10-23-12-16-9-17(23)18(25)24(16)11-14-6-5-7-15(21)8-14/h5-8,13,16-17H,9-12H2,1-4H3,(H,22,26)/t13-,16?,17-/m0/s1. The molecular weight excluding hydrogens is 349 g/mol. The van der Waals surface area contributed by atoms with Gasteiger partial charge in [-0.05, 0) is 51.8 Å². The summed E-state index contributed by atoms with van der Waals surface area (Å²) in [6, 6.07) is 6.24. The fraction of sp³-hybridized carbons (Fsp3) is 0.600. The molecule has 27 heavy (non-hydrogen) atoms. The van der Waals surface area contributed by atoms with Crippen LogP contribution in [0.4, 0.5) is 9.18 Å². The number of carbonyl (C=O) groups is 2. The molecular formula is C20H28FN3O3. The second-order valence-corrected chi connectivity index (χ2v) is 8.50. The molecule has 0 aliphatic carbocycles. The summed E-state index contributed by atoms with van der Waals surface area (Å²) in [7, 11) is 0. The number of benzene rings is 1. The number of hydrogen-bond acceptors (Lipinski definition) is 4. The first-order valence-electron chi connectivity index (χ1n) is 9.41. The molecule has 0 saturated carbocycles. The monoisotopic (exact) mass is 377 g/mol. The molecule has 2 fully saturated rings. The summed E-state index contributed by atoms with van der Waals surface area (Å²) in [5.74, 6) is -0.201. The lowest BCUT2D eigenvalue weighted by molar-refractivity contribution is -0.137. The van der Waals surface area contributed by atoms with E-state index in [-0.39, 0.29) is 29.8 Å². The Morgan fingerprint density at radius 1 is 1.41 bits per heavy atom. The van der Waals surface area contributed by atoms with Crippen molar-refractivity contribution in [1.82, 2.24) is 15.1 Å². The van der Waals surface area contributed by atoms with E-state index in [0.717, 1.165) is 18.5 Å². The fourth-order valence-electron chi connectivity index (χ4n) is 3.88. The molecule has 2 aliphatic heterocycles. The van der Waals surface area contributed by atoms with Gasteiger partial charge in [-0.1, -0.05) is 12.1 Å². The Bertz CT molecular complexity index is 719. The normalized spacial score (nSPS) is 23.6. The van der Waals surface area contributed by atoms with Crippen molar-refractivity contribution in [2.45, 2.75) is 64.4 Å². The van der Waals surface area contributed by atoms with Gasteiger partial charge in [0, 0.05) is 31.7 Å². The summed E-state index contributed by atoms with van der Waals surface area (Å²) in [5, 5.41) is 2.83. The summed E-state index contributed by atoms with van der Waals surface area (Å²) in [4.78, 5) is 28.6. The van der Waals surface area contributed by atoms with Crippen molar-refractivity contribution in [3.8, 4) is 0 Å². The Morgan fingerprint density at radius 2 is 2.15 bits per heavy atom. The highest BCUT2D eigenvalue weighted by Crippen LogP contribution is 2.33. The van der Waals surface area contributed by atoms with Crippen molar-refractivity contribution in [3.63, 3.8) is 0 Å². The maximum atomic E-state index is 13.4. The Labute approximate surface area is 159 Å². The minimum atomic E-state index is -0.538. The molecule has 2 amide bonds. The van der Waals surface area contributed by atoms with Crippen LogP contribution >= 0.6 is 0 Å². The van der Waals surface area contributed by atoms with Crippen molar-refractivity contribution >= 4 is 12.0 Å². The molecule has 3 atom stereocenters. The number of fused-ring (bicyclic) bond motifs is 2. The Hall–Kier alpha value is -2.15. The third kappa shape index (κ3) is 4.77. The van der Waals surface area contributed by atoms with Crippen LogP contribution in [0.15, 0.2) is 24.3 Å². The lowest BCUT2D eigenvalue weighted by atomic mass is 10.2. The van der Waals surface area contributed by atoms with E-state index in [2.05, 4.69) is 10.2 Å². The van der Waals surface area contributed by atoms with Crippen LogP contribution in [0, 0.1) is 5.82 Å². The average molecular weight is 377 g/mol. The van der Waals surface area contributed by atoms with E-state index in [1.165, 1.54) is 12.1 Å². The molecule has 7 heteroatoms. The first-order valence-corrected chi connectivity index (χ1v) is 9.41. The smallest absolute Gasteiger partial charge is 0.407 e. The van der Waals surface area contributed by atoms with Crippen LogP contribution in [0.3, 0.4) is 0 Å². The Balaban J connectivity index is 1.52. The number of halogens is 1. The molecule has 6 nitrogen and oxygen atoms in total. The highest BCUT2D eigenvalue weighted by Gasteiger charge is 2.49. The van der Waals surface area contributed by atoms with Crippen molar-refractivity contribution in [2.75, 3.05) is 13.1 Å². The van der Waals surface area contributed by atoms with Gasteiger partial charge in [-0.2, -0.15) is 0 Å². The minimum absolute atomic E-state index is 0.0833. The number of carbonyl (C=O) groups excluding carboxylic acids is 2. The molecule has 2 heterocycles. The molecule has 1 aromatic rings. The second-order valence-electron chi connectivity index (χ2n) is 8.50. The van der Waals surface area contributed by atoms with Gasteiger partial charge >= 0.3 is 6.09 Å². The first-order chi connectivity index (χ1) is 12.6. The number of amides is 2. The molecule has 0 radical (unpaired) electrons. The first kappa shape index (κ1) is 19.6. The lowest BCUT2D eigenvalue weighted by Crippen LogP contribution is -2.53. The number of piperazine rings is 1. The van der Waals surface area contributed by atoms with Crippen molar-refractivity contribution in [3.05, 3.63) is 35.6 Å². The highest BCUT2D eigenvalue weighted by molar-refractivity contribution is 5.85. The quantitative estimate of drug-likeness (QED) is 0.857. The molecule has 1 unspecified atom stereocenters. The summed E-state index contributed by atoms with van der Waals surface area (Å²) in [6.07, 6.45) is 0.339. The van der Waals surface area contributed by atoms with Gasteiger partial charge in [-0.15, -0.1) is 0 Å². The van der Waals surface area contributed by atoms with E-state index < -0.39 is 11.7 Å². The van der Waals surface area contributed by atoms with Gasteiger partial charge in [-0.3, -0.25) is 9.69 Å². The highest BCUT2D eigenvalue weighted by atomic mass is 19.1. The van der Waals surface area contributed by atoms with E-state index in [9.17, 15) is 14.0 Å².